The van der Waals surface area contributed by atoms with Gasteiger partial charge >= 0.3 is 0 Å². The number of hydrogen-bond acceptors (Lipinski definition) is 3. The van der Waals surface area contributed by atoms with Crippen LogP contribution in [0.1, 0.15) is 5.56 Å². The first-order chi connectivity index (χ1) is 9.69. The van der Waals surface area contributed by atoms with Crippen molar-refractivity contribution in [2.45, 2.75) is 6.42 Å². The number of ether oxygens (including phenoxy) is 2. The Balaban J connectivity index is 2.49. The zero-order valence-corrected chi connectivity index (χ0v) is 12.4. The van der Waals surface area contributed by atoms with Crippen LogP contribution in [-0.2, 0) is 6.42 Å². The van der Waals surface area contributed by atoms with Crippen molar-refractivity contribution < 1.29 is 9.47 Å². The van der Waals surface area contributed by atoms with Gasteiger partial charge in [0.1, 0.15) is 11.5 Å². The summed E-state index contributed by atoms with van der Waals surface area (Å²) in [6, 6.07) is 11.8. The van der Waals surface area contributed by atoms with Crippen LogP contribution in [0.5, 0.6) is 11.5 Å². The lowest BCUT2D eigenvalue weighted by Crippen LogP contribution is -2.03. The average Bonchev–Trinajstić information content (AvgIpc) is 2.47. The number of benzene rings is 2. The first kappa shape index (κ1) is 14.7. The predicted octanol–water partition coefficient (Wildman–Crippen LogP) is 3.53. The molecule has 0 unspecified atom stereocenters. The molecule has 0 spiro atoms. The van der Waals surface area contributed by atoms with Crippen molar-refractivity contribution in [3.8, 4) is 22.6 Å². The third-order valence-electron chi connectivity index (χ3n) is 3.16. The fourth-order valence-electron chi connectivity index (χ4n) is 2.14. The summed E-state index contributed by atoms with van der Waals surface area (Å²) in [6.45, 7) is 0.620. The maximum Gasteiger partial charge on any atom is 0.137 e. The van der Waals surface area contributed by atoms with E-state index in [2.05, 4.69) is 6.07 Å². The summed E-state index contributed by atoms with van der Waals surface area (Å²) >= 11 is 6.19. The minimum absolute atomic E-state index is 0.580. The van der Waals surface area contributed by atoms with E-state index in [1.165, 1.54) is 5.56 Å². The van der Waals surface area contributed by atoms with Crippen LogP contribution >= 0.6 is 11.6 Å². The molecule has 4 heteroatoms. The van der Waals surface area contributed by atoms with Crippen molar-refractivity contribution in [3.63, 3.8) is 0 Å². The van der Waals surface area contributed by atoms with Gasteiger partial charge in [-0.25, -0.2) is 0 Å². The summed E-state index contributed by atoms with van der Waals surface area (Å²) in [7, 11) is 3.26. The Morgan fingerprint density at radius 3 is 2.30 bits per heavy atom. The van der Waals surface area contributed by atoms with Gasteiger partial charge in [-0.3, -0.25) is 0 Å². The minimum Gasteiger partial charge on any atom is -0.496 e. The second-order valence-corrected chi connectivity index (χ2v) is 4.83. The molecule has 0 aromatic heterocycles. The number of halogens is 1. The normalized spacial score (nSPS) is 10.4. The molecule has 0 atom stereocenters. The van der Waals surface area contributed by atoms with E-state index in [9.17, 15) is 0 Å². The van der Waals surface area contributed by atoms with Crippen LogP contribution in [0.15, 0.2) is 36.4 Å². The first-order valence-electron chi connectivity index (χ1n) is 6.40. The lowest BCUT2D eigenvalue weighted by Gasteiger charge is -2.12. The smallest absolute Gasteiger partial charge is 0.137 e. The quantitative estimate of drug-likeness (QED) is 0.916. The molecule has 0 aliphatic carbocycles. The standard InChI is InChI=1S/C16H18ClNO2/c1-19-15-5-3-11(7-8-18)9-13(15)12-4-6-16(20-2)14(17)10-12/h3-6,9-10H,7-8,18H2,1-2H3. The van der Waals surface area contributed by atoms with Crippen LogP contribution in [0, 0.1) is 0 Å². The van der Waals surface area contributed by atoms with E-state index in [1.807, 2.05) is 30.3 Å². The SMILES string of the molecule is COc1ccc(-c2cc(CCN)ccc2OC)cc1Cl. The van der Waals surface area contributed by atoms with E-state index < -0.39 is 0 Å². The monoisotopic (exact) mass is 291 g/mol. The van der Waals surface area contributed by atoms with E-state index in [-0.39, 0.29) is 0 Å². The van der Waals surface area contributed by atoms with Crippen LogP contribution < -0.4 is 15.2 Å². The Kier molecular flexibility index (Phi) is 4.88. The molecule has 0 bridgehead atoms. The minimum atomic E-state index is 0.580. The molecule has 0 saturated carbocycles. The summed E-state index contributed by atoms with van der Waals surface area (Å²) in [4.78, 5) is 0. The van der Waals surface area contributed by atoms with Crippen molar-refractivity contribution in [2.24, 2.45) is 5.73 Å². The zero-order valence-electron chi connectivity index (χ0n) is 11.7. The Labute approximate surface area is 124 Å². The second kappa shape index (κ2) is 6.64. The zero-order chi connectivity index (χ0) is 14.5. The highest BCUT2D eigenvalue weighted by Crippen LogP contribution is 2.35. The molecule has 2 aromatic rings. The van der Waals surface area contributed by atoms with Crippen molar-refractivity contribution in [3.05, 3.63) is 47.0 Å². The van der Waals surface area contributed by atoms with E-state index in [0.717, 1.165) is 23.3 Å². The third-order valence-corrected chi connectivity index (χ3v) is 3.46. The molecule has 0 fully saturated rings. The molecule has 2 rings (SSSR count). The van der Waals surface area contributed by atoms with Gasteiger partial charge in [-0.2, -0.15) is 0 Å². The van der Waals surface area contributed by atoms with Crippen molar-refractivity contribution in [1.82, 2.24) is 0 Å². The molecule has 0 heterocycles. The first-order valence-corrected chi connectivity index (χ1v) is 6.78. The Hall–Kier alpha value is -1.71. The van der Waals surface area contributed by atoms with Gasteiger partial charge in [-0.1, -0.05) is 23.7 Å². The van der Waals surface area contributed by atoms with Gasteiger partial charge < -0.3 is 15.2 Å². The molecule has 20 heavy (non-hydrogen) atoms. The van der Waals surface area contributed by atoms with E-state index >= 15 is 0 Å². The van der Waals surface area contributed by atoms with E-state index in [4.69, 9.17) is 26.8 Å². The molecular formula is C16H18ClNO2. The number of hydrogen-bond donors (Lipinski definition) is 1. The Bertz CT molecular complexity index is 599. The van der Waals surface area contributed by atoms with Crippen molar-refractivity contribution in [1.29, 1.82) is 0 Å². The Morgan fingerprint density at radius 2 is 1.70 bits per heavy atom. The number of nitrogens with two attached hydrogens (primary N) is 1. The fourth-order valence-corrected chi connectivity index (χ4v) is 2.39. The summed E-state index contributed by atoms with van der Waals surface area (Å²) < 4.78 is 10.6. The lowest BCUT2D eigenvalue weighted by atomic mass is 10.0. The van der Waals surface area contributed by atoms with Gasteiger partial charge in [-0.15, -0.1) is 0 Å². The molecule has 0 aliphatic rings. The number of rotatable bonds is 5. The summed E-state index contributed by atoms with van der Waals surface area (Å²) in [5.74, 6) is 1.47. The molecule has 3 nitrogen and oxygen atoms in total. The maximum atomic E-state index is 6.19. The highest BCUT2D eigenvalue weighted by molar-refractivity contribution is 6.32. The van der Waals surface area contributed by atoms with Crippen molar-refractivity contribution in [2.75, 3.05) is 20.8 Å². The maximum absolute atomic E-state index is 6.19. The summed E-state index contributed by atoms with van der Waals surface area (Å²) in [6.07, 6.45) is 0.834. The topological polar surface area (TPSA) is 44.5 Å². The van der Waals surface area contributed by atoms with Crippen LogP contribution in [0.2, 0.25) is 5.02 Å². The highest BCUT2D eigenvalue weighted by Gasteiger charge is 2.09. The molecule has 2 aromatic carbocycles. The molecular weight excluding hydrogens is 274 g/mol. The molecule has 0 radical (unpaired) electrons. The third kappa shape index (κ3) is 3.06. The summed E-state index contributed by atoms with van der Waals surface area (Å²) in [5.41, 5.74) is 8.78. The van der Waals surface area contributed by atoms with Crippen molar-refractivity contribution >= 4 is 11.6 Å². The van der Waals surface area contributed by atoms with E-state index in [1.54, 1.807) is 14.2 Å². The van der Waals surface area contributed by atoms with Gasteiger partial charge in [0.2, 0.25) is 0 Å². The van der Waals surface area contributed by atoms with E-state index in [0.29, 0.717) is 17.3 Å². The van der Waals surface area contributed by atoms with Crippen LogP contribution in [-0.4, -0.2) is 20.8 Å². The summed E-state index contributed by atoms with van der Waals surface area (Å²) in [5, 5.41) is 0.580. The second-order valence-electron chi connectivity index (χ2n) is 4.42. The highest BCUT2D eigenvalue weighted by atomic mass is 35.5. The van der Waals surface area contributed by atoms with Gasteiger partial charge in [0.05, 0.1) is 19.2 Å². The van der Waals surface area contributed by atoms with Gasteiger partial charge in [0, 0.05) is 5.56 Å². The van der Waals surface area contributed by atoms with Crippen LogP contribution in [0.25, 0.3) is 11.1 Å². The Morgan fingerprint density at radius 1 is 1.00 bits per heavy atom. The molecule has 0 amide bonds. The largest absolute Gasteiger partial charge is 0.496 e. The molecule has 0 saturated heterocycles. The average molecular weight is 292 g/mol. The molecule has 106 valence electrons. The lowest BCUT2D eigenvalue weighted by molar-refractivity contribution is 0.414. The molecule has 2 N–H and O–H groups in total. The van der Waals surface area contributed by atoms with Crippen LogP contribution in [0.4, 0.5) is 0 Å². The fraction of sp³-hybridized carbons (Fsp3) is 0.250. The van der Waals surface area contributed by atoms with Crippen LogP contribution in [0.3, 0.4) is 0 Å². The van der Waals surface area contributed by atoms with Gasteiger partial charge in [0.15, 0.2) is 0 Å². The molecule has 0 aliphatic heterocycles. The number of methoxy groups -OCH3 is 2. The predicted molar refractivity (Wildman–Crippen MR) is 82.8 cm³/mol. The van der Waals surface area contributed by atoms with Gasteiger partial charge in [0.25, 0.3) is 0 Å². The van der Waals surface area contributed by atoms with Gasteiger partial charge in [-0.05, 0) is 48.4 Å².